The van der Waals surface area contributed by atoms with Crippen LogP contribution >= 0.6 is 0 Å². The van der Waals surface area contributed by atoms with E-state index in [1.54, 1.807) is 24.4 Å². The predicted octanol–water partition coefficient (Wildman–Crippen LogP) is 4.45. The van der Waals surface area contributed by atoms with Gasteiger partial charge in [-0.2, -0.15) is 4.98 Å². The van der Waals surface area contributed by atoms with Crippen molar-refractivity contribution in [2.75, 3.05) is 5.32 Å². The number of nitrogens with one attached hydrogen (secondary N) is 1. The summed E-state index contributed by atoms with van der Waals surface area (Å²) in [6.45, 7) is 1.93. The summed E-state index contributed by atoms with van der Waals surface area (Å²) in [7, 11) is 0. The molecule has 0 aliphatic heterocycles. The fraction of sp³-hybridized carbons (Fsp3) is 0.0500. The van der Waals surface area contributed by atoms with Crippen LogP contribution in [0.5, 0.6) is 0 Å². The number of benzene rings is 2. The molecule has 25 heavy (non-hydrogen) atoms. The fourth-order valence-electron chi connectivity index (χ4n) is 2.67. The third-order valence-electron chi connectivity index (χ3n) is 4.01. The van der Waals surface area contributed by atoms with Crippen LogP contribution in [0.25, 0.3) is 22.7 Å². The van der Waals surface area contributed by atoms with Crippen molar-refractivity contribution in [3.05, 3.63) is 78.0 Å². The van der Waals surface area contributed by atoms with Gasteiger partial charge in [-0.1, -0.05) is 24.3 Å². The quantitative estimate of drug-likeness (QED) is 0.603. The zero-order valence-electron chi connectivity index (χ0n) is 13.6. The molecule has 0 radical (unpaired) electrons. The molecule has 0 saturated heterocycles. The van der Waals surface area contributed by atoms with E-state index in [1.807, 2.05) is 49.4 Å². The summed E-state index contributed by atoms with van der Waals surface area (Å²) in [6, 6.07) is 18.4. The first kappa shape index (κ1) is 15.1. The highest BCUT2D eigenvalue weighted by molar-refractivity contribution is 6.05. The molecular formula is C20H15N3O2. The lowest BCUT2D eigenvalue weighted by atomic mass is 10.1. The molecule has 2 heterocycles. The number of anilines is 1. The number of hydrogen-bond donors (Lipinski definition) is 1. The van der Waals surface area contributed by atoms with E-state index >= 15 is 0 Å². The Morgan fingerprint density at radius 3 is 2.64 bits per heavy atom. The number of rotatable bonds is 3. The molecule has 1 N–H and O–H groups in total. The Morgan fingerprint density at radius 1 is 1.00 bits per heavy atom. The molecule has 0 aliphatic rings. The van der Waals surface area contributed by atoms with Gasteiger partial charge in [0.2, 0.25) is 5.89 Å². The van der Waals surface area contributed by atoms with E-state index in [-0.39, 0.29) is 5.91 Å². The predicted molar refractivity (Wildman–Crippen MR) is 96.4 cm³/mol. The van der Waals surface area contributed by atoms with E-state index in [0.29, 0.717) is 22.7 Å². The number of carbonyl (C=O) groups is 1. The Balaban J connectivity index is 1.69. The van der Waals surface area contributed by atoms with Crippen molar-refractivity contribution in [2.45, 2.75) is 6.92 Å². The maximum absolute atomic E-state index is 12.4. The van der Waals surface area contributed by atoms with E-state index in [2.05, 4.69) is 15.3 Å². The van der Waals surface area contributed by atoms with Gasteiger partial charge in [-0.3, -0.25) is 4.79 Å². The van der Waals surface area contributed by atoms with Crippen LogP contribution in [0.15, 0.2) is 71.3 Å². The Hall–Kier alpha value is -3.47. The second-order valence-electron chi connectivity index (χ2n) is 5.64. The van der Waals surface area contributed by atoms with Gasteiger partial charge >= 0.3 is 0 Å². The average Bonchev–Trinajstić information content (AvgIpc) is 3.08. The van der Waals surface area contributed by atoms with Gasteiger partial charge < -0.3 is 9.73 Å². The Labute approximate surface area is 144 Å². The van der Waals surface area contributed by atoms with E-state index in [4.69, 9.17) is 4.42 Å². The van der Waals surface area contributed by atoms with Crippen LogP contribution in [0, 0.1) is 6.92 Å². The summed E-state index contributed by atoms with van der Waals surface area (Å²) >= 11 is 0. The van der Waals surface area contributed by atoms with Crippen LogP contribution < -0.4 is 5.32 Å². The van der Waals surface area contributed by atoms with Crippen LogP contribution in [0.4, 0.5) is 5.69 Å². The van der Waals surface area contributed by atoms with Gasteiger partial charge in [-0.05, 0) is 48.9 Å². The molecule has 0 saturated carbocycles. The Kier molecular flexibility index (Phi) is 3.74. The number of aromatic nitrogens is 2. The molecule has 2 aromatic heterocycles. The lowest BCUT2D eigenvalue weighted by Gasteiger charge is -2.10. The largest absolute Gasteiger partial charge is 0.434 e. The van der Waals surface area contributed by atoms with Crippen molar-refractivity contribution in [1.82, 2.24) is 9.97 Å². The molecule has 0 aliphatic carbocycles. The lowest BCUT2D eigenvalue weighted by Crippen LogP contribution is -2.12. The number of fused-ring (bicyclic) bond motifs is 1. The summed E-state index contributed by atoms with van der Waals surface area (Å²) in [5.41, 5.74) is 4.24. The van der Waals surface area contributed by atoms with Gasteiger partial charge in [0.15, 0.2) is 11.2 Å². The van der Waals surface area contributed by atoms with Crippen molar-refractivity contribution in [1.29, 1.82) is 0 Å². The summed E-state index contributed by atoms with van der Waals surface area (Å²) < 4.78 is 5.79. The van der Waals surface area contributed by atoms with Crippen molar-refractivity contribution < 1.29 is 9.21 Å². The van der Waals surface area contributed by atoms with Crippen molar-refractivity contribution >= 4 is 22.8 Å². The molecule has 0 fully saturated rings. The number of pyridine rings is 1. The van der Waals surface area contributed by atoms with E-state index in [9.17, 15) is 4.79 Å². The minimum absolute atomic E-state index is 0.153. The van der Waals surface area contributed by atoms with Crippen LogP contribution in [-0.4, -0.2) is 15.9 Å². The number of amides is 1. The van der Waals surface area contributed by atoms with Crippen LogP contribution in [0.3, 0.4) is 0 Å². The molecule has 0 unspecified atom stereocenters. The third-order valence-corrected chi connectivity index (χ3v) is 4.01. The zero-order valence-corrected chi connectivity index (χ0v) is 13.6. The van der Waals surface area contributed by atoms with Gasteiger partial charge in [0.1, 0.15) is 0 Å². The Bertz CT molecular complexity index is 1020. The third kappa shape index (κ3) is 2.87. The van der Waals surface area contributed by atoms with E-state index in [0.717, 1.165) is 16.8 Å². The summed E-state index contributed by atoms with van der Waals surface area (Å²) in [5, 5.41) is 2.95. The van der Waals surface area contributed by atoms with Crippen LogP contribution in [-0.2, 0) is 0 Å². The minimum atomic E-state index is -0.153. The number of oxazole rings is 1. The molecule has 122 valence electrons. The SMILES string of the molecule is Cc1c(NC(=O)c2ccccc2)cccc1-c1nc2ncccc2o1. The van der Waals surface area contributed by atoms with Crippen LogP contribution in [0.2, 0.25) is 0 Å². The summed E-state index contributed by atoms with van der Waals surface area (Å²) in [6.07, 6.45) is 1.68. The average molecular weight is 329 g/mol. The highest BCUT2D eigenvalue weighted by Crippen LogP contribution is 2.30. The van der Waals surface area contributed by atoms with Gasteiger partial charge in [0.05, 0.1) is 0 Å². The minimum Gasteiger partial charge on any atom is -0.434 e. The number of nitrogens with zero attached hydrogens (tertiary/aromatic N) is 2. The molecular weight excluding hydrogens is 314 g/mol. The monoisotopic (exact) mass is 329 g/mol. The van der Waals surface area contributed by atoms with Gasteiger partial charge in [-0.15, -0.1) is 0 Å². The van der Waals surface area contributed by atoms with E-state index < -0.39 is 0 Å². The summed E-state index contributed by atoms with van der Waals surface area (Å²) in [5.74, 6) is 0.335. The lowest BCUT2D eigenvalue weighted by molar-refractivity contribution is 0.102. The van der Waals surface area contributed by atoms with Gasteiger partial charge in [0.25, 0.3) is 5.91 Å². The van der Waals surface area contributed by atoms with E-state index in [1.165, 1.54) is 0 Å². The normalized spacial score (nSPS) is 10.8. The molecule has 4 aromatic rings. The molecule has 2 aromatic carbocycles. The number of carbonyl (C=O) groups excluding carboxylic acids is 1. The van der Waals surface area contributed by atoms with Crippen molar-refractivity contribution in [2.24, 2.45) is 0 Å². The molecule has 0 bridgehead atoms. The molecule has 5 heteroatoms. The number of hydrogen-bond acceptors (Lipinski definition) is 4. The maximum Gasteiger partial charge on any atom is 0.255 e. The van der Waals surface area contributed by atoms with Gasteiger partial charge in [0, 0.05) is 23.0 Å². The second-order valence-corrected chi connectivity index (χ2v) is 5.64. The Morgan fingerprint density at radius 2 is 1.84 bits per heavy atom. The fourth-order valence-corrected chi connectivity index (χ4v) is 2.67. The maximum atomic E-state index is 12.4. The zero-order chi connectivity index (χ0) is 17.2. The highest BCUT2D eigenvalue weighted by atomic mass is 16.3. The highest BCUT2D eigenvalue weighted by Gasteiger charge is 2.14. The smallest absolute Gasteiger partial charge is 0.255 e. The molecule has 1 amide bonds. The molecule has 5 nitrogen and oxygen atoms in total. The van der Waals surface area contributed by atoms with Gasteiger partial charge in [-0.25, -0.2) is 4.98 Å². The standard InChI is InChI=1S/C20H15N3O2/c1-13-15(20-23-18-17(25-20)11-6-12-21-18)9-5-10-16(13)22-19(24)14-7-3-2-4-8-14/h2-12H,1H3,(H,22,24). The van der Waals surface area contributed by atoms with Crippen molar-refractivity contribution in [3.8, 4) is 11.5 Å². The summed E-state index contributed by atoms with van der Waals surface area (Å²) in [4.78, 5) is 21.0. The molecule has 0 atom stereocenters. The topological polar surface area (TPSA) is 68.0 Å². The first-order valence-corrected chi connectivity index (χ1v) is 7.90. The molecule has 0 spiro atoms. The van der Waals surface area contributed by atoms with Crippen molar-refractivity contribution in [3.63, 3.8) is 0 Å². The second kappa shape index (κ2) is 6.20. The first-order chi connectivity index (χ1) is 12.2. The molecule has 4 rings (SSSR count). The first-order valence-electron chi connectivity index (χ1n) is 7.90. The van der Waals surface area contributed by atoms with Crippen LogP contribution in [0.1, 0.15) is 15.9 Å².